The summed E-state index contributed by atoms with van der Waals surface area (Å²) < 4.78 is 38.1. The SMILES string of the molecule is CN(CCC(=O)N1CCNCC1)Cc1cccc(C(F)(F)F)c1. The van der Waals surface area contributed by atoms with Crippen LogP contribution in [-0.4, -0.2) is 55.5 Å². The first-order chi connectivity index (χ1) is 10.9. The summed E-state index contributed by atoms with van der Waals surface area (Å²) in [6.07, 6.45) is -3.94. The Morgan fingerprint density at radius 1 is 1.30 bits per heavy atom. The summed E-state index contributed by atoms with van der Waals surface area (Å²) >= 11 is 0. The molecule has 23 heavy (non-hydrogen) atoms. The van der Waals surface area contributed by atoms with Crippen molar-refractivity contribution in [2.75, 3.05) is 39.8 Å². The van der Waals surface area contributed by atoms with Crippen LogP contribution in [0.2, 0.25) is 0 Å². The Morgan fingerprint density at radius 2 is 2.00 bits per heavy atom. The molecule has 1 amide bonds. The summed E-state index contributed by atoms with van der Waals surface area (Å²) in [5.74, 6) is 0.0994. The van der Waals surface area contributed by atoms with Gasteiger partial charge in [0.25, 0.3) is 0 Å². The van der Waals surface area contributed by atoms with Crippen LogP contribution in [0.3, 0.4) is 0 Å². The molecule has 1 aliphatic heterocycles. The summed E-state index contributed by atoms with van der Waals surface area (Å²) in [4.78, 5) is 15.8. The zero-order chi connectivity index (χ0) is 16.9. The molecule has 128 valence electrons. The van der Waals surface area contributed by atoms with E-state index in [2.05, 4.69) is 5.32 Å². The topological polar surface area (TPSA) is 35.6 Å². The fourth-order valence-corrected chi connectivity index (χ4v) is 2.60. The van der Waals surface area contributed by atoms with Gasteiger partial charge in [-0.15, -0.1) is 0 Å². The van der Waals surface area contributed by atoms with Gasteiger partial charge in [-0.1, -0.05) is 18.2 Å². The maximum atomic E-state index is 12.7. The van der Waals surface area contributed by atoms with Gasteiger partial charge in [0.1, 0.15) is 0 Å². The second-order valence-electron chi connectivity index (χ2n) is 5.82. The summed E-state index contributed by atoms with van der Waals surface area (Å²) in [7, 11) is 1.81. The molecule has 1 saturated heterocycles. The third-order valence-corrected chi connectivity index (χ3v) is 3.88. The Balaban J connectivity index is 1.82. The molecule has 2 rings (SSSR count). The van der Waals surface area contributed by atoms with E-state index >= 15 is 0 Å². The molecule has 0 bridgehead atoms. The maximum absolute atomic E-state index is 12.7. The van der Waals surface area contributed by atoms with E-state index in [4.69, 9.17) is 0 Å². The minimum absolute atomic E-state index is 0.0994. The average Bonchev–Trinajstić information content (AvgIpc) is 2.53. The number of benzene rings is 1. The van der Waals surface area contributed by atoms with Crippen molar-refractivity contribution in [3.05, 3.63) is 35.4 Å². The molecule has 1 N–H and O–H groups in total. The van der Waals surface area contributed by atoms with Crippen LogP contribution in [0.1, 0.15) is 17.5 Å². The van der Waals surface area contributed by atoms with Gasteiger partial charge in [0.2, 0.25) is 5.91 Å². The smallest absolute Gasteiger partial charge is 0.340 e. The second-order valence-corrected chi connectivity index (χ2v) is 5.82. The lowest BCUT2D eigenvalue weighted by Gasteiger charge is -2.28. The van der Waals surface area contributed by atoms with Crippen molar-refractivity contribution in [1.29, 1.82) is 0 Å². The molecule has 4 nitrogen and oxygen atoms in total. The summed E-state index contributed by atoms with van der Waals surface area (Å²) in [5.41, 5.74) is -0.0442. The molecular formula is C16H22F3N3O. The van der Waals surface area contributed by atoms with Crippen LogP contribution >= 0.6 is 0 Å². The Labute approximate surface area is 134 Å². The van der Waals surface area contributed by atoms with Gasteiger partial charge in [-0.25, -0.2) is 0 Å². The average molecular weight is 329 g/mol. The van der Waals surface area contributed by atoms with Gasteiger partial charge in [0, 0.05) is 45.7 Å². The highest BCUT2D eigenvalue weighted by molar-refractivity contribution is 5.76. The molecule has 0 radical (unpaired) electrons. The molecule has 1 aliphatic rings. The molecular weight excluding hydrogens is 307 g/mol. The molecule has 1 heterocycles. The first-order valence-electron chi connectivity index (χ1n) is 7.69. The monoisotopic (exact) mass is 329 g/mol. The van der Waals surface area contributed by atoms with Crippen molar-refractivity contribution in [1.82, 2.24) is 15.1 Å². The quantitative estimate of drug-likeness (QED) is 0.897. The van der Waals surface area contributed by atoms with Crippen molar-refractivity contribution < 1.29 is 18.0 Å². The molecule has 0 atom stereocenters. The van der Waals surface area contributed by atoms with E-state index < -0.39 is 11.7 Å². The number of alkyl halides is 3. The predicted molar refractivity (Wildman–Crippen MR) is 81.8 cm³/mol. The lowest BCUT2D eigenvalue weighted by molar-refractivity contribution is -0.137. The van der Waals surface area contributed by atoms with Crippen LogP contribution in [0.5, 0.6) is 0 Å². The van der Waals surface area contributed by atoms with E-state index in [1.165, 1.54) is 6.07 Å². The Bertz CT molecular complexity index is 528. The first kappa shape index (κ1) is 17.7. The van der Waals surface area contributed by atoms with Crippen molar-refractivity contribution in [3.8, 4) is 0 Å². The standard InChI is InChI=1S/C16H22F3N3O/c1-21(8-5-15(23)22-9-6-20-7-10-22)12-13-3-2-4-14(11-13)16(17,18)19/h2-4,11,20H,5-10,12H2,1H3. The molecule has 7 heteroatoms. The van der Waals surface area contributed by atoms with Gasteiger partial charge >= 0.3 is 6.18 Å². The van der Waals surface area contributed by atoms with Gasteiger partial charge in [-0.05, 0) is 18.7 Å². The molecule has 0 saturated carbocycles. The summed E-state index contributed by atoms with van der Waals surface area (Å²) in [6.45, 7) is 3.97. The van der Waals surface area contributed by atoms with Crippen LogP contribution in [0.4, 0.5) is 13.2 Å². The number of carbonyl (C=O) groups excluding carboxylic acids is 1. The van der Waals surface area contributed by atoms with E-state index in [0.717, 1.165) is 38.3 Å². The van der Waals surface area contributed by atoms with Crippen LogP contribution in [0.15, 0.2) is 24.3 Å². The largest absolute Gasteiger partial charge is 0.416 e. The number of nitrogens with one attached hydrogen (secondary N) is 1. The van der Waals surface area contributed by atoms with E-state index in [9.17, 15) is 18.0 Å². The molecule has 0 spiro atoms. The first-order valence-corrected chi connectivity index (χ1v) is 7.69. The molecule has 1 aromatic rings. The van der Waals surface area contributed by atoms with E-state index in [1.54, 1.807) is 6.07 Å². The highest BCUT2D eigenvalue weighted by Crippen LogP contribution is 2.29. The molecule has 0 aromatic heterocycles. The van der Waals surface area contributed by atoms with Crippen molar-refractivity contribution >= 4 is 5.91 Å². The number of halogens is 3. The van der Waals surface area contributed by atoms with Crippen LogP contribution in [0, 0.1) is 0 Å². The normalized spacial score (nSPS) is 16.0. The van der Waals surface area contributed by atoms with Crippen LogP contribution in [0.25, 0.3) is 0 Å². The number of rotatable bonds is 5. The van der Waals surface area contributed by atoms with E-state index in [-0.39, 0.29) is 5.91 Å². The fourth-order valence-electron chi connectivity index (χ4n) is 2.60. The molecule has 0 aliphatic carbocycles. The predicted octanol–water partition coefficient (Wildman–Crippen LogP) is 1.96. The summed E-state index contributed by atoms with van der Waals surface area (Å²) in [6, 6.07) is 5.31. The van der Waals surface area contributed by atoms with Gasteiger partial charge < -0.3 is 15.1 Å². The highest BCUT2D eigenvalue weighted by Gasteiger charge is 2.30. The number of piperazine rings is 1. The fraction of sp³-hybridized carbons (Fsp3) is 0.562. The second kappa shape index (κ2) is 7.79. The maximum Gasteiger partial charge on any atom is 0.416 e. The van der Waals surface area contributed by atoms with Gasteiger partial charge in [-0.2, -0.15) is 13.2 Å². The number of nitrogens with zero attached hydrogens (tertiary/aromatic N) is 2. The van der Waals surface area contributed by atoms with Gasteiger partial charge in [0.05, 0.1) is 5.56 Å². The van der Waals surface area contributed by atoms with Crippen LogP contribution in [-0.2, 0) is 17.5 Å². The van der Waals surface area contributed by atoms with Crippen molar-refractivity contribution in [2.24, 2.45) is 0 Å². The van der Waals surface area contributed by atoms with Crippen molar-refractivity contribution in [3.63, 3.8) is 0 Å². The number of carbonyl (C=O) groups is 1. The minimum atomic E-state index is -4.33. The Hall–Kier alpha value is -1.60. The molecule has 0 unspecified atom stereocenters. The summed E-state index contributed by atoms with van der Waals surface area (Å²) in [5, 5.41) is 3.19. The Kier molecular flexibility index (Phi) is 6.01. The lowest BCUT2D eigenvalue weighted by Crippen LogP contribution is -2.47. The van der Waals surface area contributed by atoms with E-state index in [0.29, 0.717) is 25.1 Å². The van der Waals surface area contributed by atoms with Crippen molar-refractivity contribution in [2.45, 2.75) is 19.1 Å². The lowest BCUT2D eigenvalue weighted by atomic mass is 10.1. The minimum Gasteiger partial charge on any atom is -0.340 e. The zero-order valence-corrected chi connectivity index (χ0v) is 13.2. The van der Waals surface area contributed by atoms with Gasteiger partial charge in [-0.3, -0.25) is 4.79 Å². The molecule has 1 aromatic carbocycles. The zero-order valence-electron chi connectivity index (χ0n) is 13.2. The van der Waals surface area contributed by atoms with Gasteiger partial charge in [0.15, 0.2) is 0 Å². The Morgan fingerprint density at radius 3 is 2.65 bits per heavy atom. The number of amides is 1. The highest BCUT2D eigenvalue weighted by atomic mass is 19.4. The number of hydrogen-bond acceptors (Lipinski definition) is 3. The number of hydrogen-bond donors (Lipinski definition) is 1. The molecule has 1 fully saturated rings. The third kappa shape index (κ3) is 5.51. The third-order valence-electron chi connectivity index (χ3n) is 3.88. The van der Waals surface area contributed by atoms with Crippen LogP contribution < -0.4 is 5.32 Å². The van der Waals surface area contributed by atoms with E-state index in [1.807, 2.05) is 16.8 Å².